The van der Waals surface area contributed by atoms with Crippen molar-refractivity contribution in [3.63, 3.8) is 0 Å². The third-order valence-corrected chi connectivity index (χ3v) is 5.39. The Morgan fingerprint density at radius 1 is 1.17 bits per heavy atom. The summed E-state index contributed by atoms with van der Waals surface area (Å²) in [7, 11) is 0. The van der Waals surface area contributed by atoms with Gasteiger partial charge in [0.1, 0.15) is 13.2 Å². The van der Waals surface area contributed by atoms with Gasteiger partial charge in [-0.1, -0.05) is 6.07 Å². The normalized spacial score (nSPS) is 16.2. The molecule has 1 amide bonds. The second kappa shape index (κ2) is 7.81. The molecule has 2 aliphatic rings. The first-order valence-electron chi connectivity index (χ1n) is 9.98. The molecule has 4 rings (SSSR count). The summed E-state index contributed by atoms with van der Waals surface area (Å²) in [6.07, 6.45) is 2.29. The fourth-order valence-electron chi connectivity index (χ4n) is 3.78. The van der Waals surface area contributed by atoms with Crippen LogP contribution in [-0.2, 0) is 9.53 Å². The average Bonchev–Trinajstić information content (AvgIpc) is 3.50. The summed E-state index contributed by atoms with van der Waals surface area (Å²) in [6.45, 7) is 6.51. The summed E-state index contributed by atoms with van der Waals surface area (Å²) in [5, 5.41) is 2.85. The number of rotatable bonds is 6. The van der Waals surface area contributed by atoms with Crippen molar-refractivity contribution in [2.24, 2.45) is 0 Å². The number of carbonyl (C=O) groups is 2. The number of nitrogens with zero attached hydrogens (tertiary/aromatic N) is 1. The van der Waals surface area contributed by atoms with Crippen molar-refractivity contribution in [2.75, 3.05) is 19.8 Å². The van der Waals surface area contributed by atoms with Gasteiger partial charge in [0.25, 0.3) is 5.91 Å². The first kappa shape index (κ1) is 19.4. The van der Waals surface area contributed by atoms with Crippen LogP contribution in [0.5, 0.6) is 11.5 Å². The van der Waals surface area contributed by atoms with E-state index in [1.165, 1.54) is 0 Å². The Balaban J connectivity index is 1.33. The van der Waals surface area contributed by atoms with Crippen molar-refractivity contribution in [1.82, 2.24) is 9.88 Å². The highest BCUT2D eigenvalue weighted by Gasteiger charge is 2.29. The van der Waals surface area contributed by atoms with Gasteiger partial charge in [0.15, 0.2) is 18.1 Å². The van der Waals surface area contributed by atoms with E-state index in [0.717, 1.165) is 29.8 Å². The van der Waals surface area contributed by atoms with E-state index in [1.807, 2.05) is 45.0 Å². The van der Waals surface area contributed by atoms with E-state index in [9.17, 15) is 9.59 Å². The zero-order valence-corrected chi connectivity index (χ0v) is 17.0. The lowest BCUT2D eigenvalue weighted by molar-refractivity contribution is -0.124. The molecule has 2 aromatic rings. The first-order valence-corrected chi connectivity index (χ1v) is 9.98. The second-order valence-electron chi connectivity index (χ2n) is 7.65. The van der Waals surface area contributed by atoms with Crippen LogP contribution >= 0.6 is 0 Å². The Morgan fingerprint density at radius 3 is 2.62 bits per heavy atom. The largest absolute Gasteiger partial charge is 0.486 e. The molecule has 0 radical (unpaired) electrons. The van der Waals surface area contributed by atoms with Gasteiger partial charge in [-0.3, -0.25) is 4.79 Å². The van der Waals surface area contributed by atoms with Crippen molar-refractivity contribution >= 4 is 11.9 Å². The molecule has 1 aliphatic heterocycles. The van der Waals surface area contributed by atoms with Crippen LogP contribution < -0.4 is 14.8 Å². The van der Waals surface area contributed by atoms with Gasteiger partial charge in [-0.05, 0) is 57.4 Å². The maximum absolute atomic E-state index is 12.4. The molecule has 1 aromatic heterocycles. The standard InChI is InChI=1S/C22H26N2O5/c1-13-10-18(15(3)24(13)17-5-6-17)22(26)29-12-21(25)23-14(2)16-4-7-19-20(11-16)28-9-8-27-19/h4,7,10-11,14,17H,5-6,8-9,12H2,1-3H3,(H,23,25)/t14-/m1/s1. The summed E-state index contributed by atoms with van der Waals surface area (Å²) in [6, 6.07) is 7.66. The van der Waals surface area contributed by atoms with Crippen LogP contribution in [0.3, 0.4) is 0 Å². The smallest absolute Gasteiger partial charge is 0.340 e. The van der Waals surface area contributed by atoms with Crippen molar-refractivity contribution in [3.05, 3.63) is 46.8 Å². The fraction of sp³-hybridized carbons (Fsp3) is 0.455. The van der Waals surface area contributed by atoms with Gasteiger partial charge in [-0.2, -0.15) is 0 Å². The van der Waals surface area contributed by atoms with Gasteiger partial charge < -0.3 is 24.1 Å². The Hall–Kier alpha value is -2.96. The Kier molecular flexibility index (Phi) is 5.22. The van der Waals surface area contributed by atoms with Crippen LogP contribution in [0.25, 0.3) is 0 Å². The molecule has 1 saturated carbocycles. The van der Waals surface area contributed by atoms with Gasteiger partial charge in [-0.15, -0.1) is 0 Å². The summed E-state index contributed by atoms with van der Waals surface area (Å²) >= 11 is 0. The van der Waals surface area contributed by atoms with E-state index in [0.29, 0.717) is 36.3 Å². The minimum absolute atomic E-state index is 0.253. The van der Waals surface area contributed by atoms with Crippen LogP contribution in [0.15, 0.2) is 24.3 Å². The molecule has 0 bridgehead atoms. The fourth-order valence-corrected chi connectivity index (χ4v) is 3.78. The summed E-state index contributed by atoms with van der Waals surface area (Å²) in [5.74, 6) is 0.562. The van der Waals surface area contributed by atoms with Gasteiger partial charge in [0, 0.05) is 17.4 Å². The van der Waals surface area contributed by atoms with E-state index < -0.39 is 5.97 Å². The van der Waals surface area contributed by atoms with Gasteiger partial charge >= 0.3 is 5.97 Å². The average molecular weight is 398 g/mol. The number of nitrogens with one attached hydrogen (secondary N) is 1. The molecule has 1 aliphatic carbocycles. The molecule has 7 nitrogen and oxygen atoms in total. The van der Waals surface area contributed by atoms with Crippen LogP contribution in [0.4, 0.5) is 0 Å². The third kappa shape index (κ3) is 4.09. The minimum Gasteiger partial charge on any atom is -0.486 e. The molecule has 0 spiro atoms. The van der Waals surface area contributed by atoms with Crippen LogP contribution in [-0.4, -0.2) is 36.3 Å². The lowest BCUT2D eigenvalue weighted by atomic mass is 10.1. The summed E-state index contributed by atoms with van der Waals surface area (Å²) in [5.41, 5.74) is 3.37. The molecular formula is C22H26N2O5. The quantitative estimate of drug-likeness (QED) is 0.756. The highest BCUT2D eigenvalue weighted by molar-refractivity contribution is 5.92. The monoisotopic (exact) mass is 398 g/mol. The Labute approximate surface area is 169 Å². The number of carbonyl (C=O) groups excluding carboxylic acids is 2. The first-order chi connectivity index (χ1) is 13.9. The molecule has 7 heteroatoms. The molecule has 1 atom stereocenters. The van der Waals surface area contributed by atoms with Crippen molar-refractivity contribution in [2.45, 2.75) is 45.7 Å². The van der Waals surface area contributed by atoms with Crippen molar-refractivity contribution in [3.8, 4) is 11.5 Å². The topological polar surface area (TPSA) is 78.8 Å². The van der Waals surface area contributed by atoms with Gasteiger partial charge in [0.2, 0.25) is 0 Å². The number of hydrogen-bond donors (Lipinski definition) is 1. The molecule has 1 N–H and O–H groups in total. The third-order valence-electron chi connectivity index (χ3n) is 5.39. The number of amides is 1. The molecular weight excluding hydrogens is 372 g/mol. The van der Waals surface area contributed by atoms with Crippen LogP contribution in [0.1, 0.15) is 59.2 Å². The maximum atomic E-state index is 12.4. The predicted octanol–water partition coefficient (Wildman–Crippen LogP) is 3.25. The van der Waals surface area contributed by atoms with E-state index in [2.05, 4.69) is 9.88 Å². The number of aromatic nitrogens is 1. The second-order valence-corrected chi connectivity index (χ2v) is 7.65. The minimum atomic E-state index is -0.466. The highest BCUT2D eigenvalue weighted by Crippen LogP contribution is 2.38. The highest BCUT2D eigenvalue weighted by atomic mass is 16.6. The maximum Gasteiger partial charge on any atom is 0.340 e. The summed E-state index contributed by atoms with van der Waals surface area (Å²) in [4.78, 5) is 24.7. The molecule has 1 aromatic carbocycles. The van der Waals surface area contributed by atoms with E-state index in [1.54, 1.807) is 0 Å². The zero-order chi connectivity index (χ0) is 20.5. The lowest BCUT2D eigenvalue weighted by Gasteiger charge is -2.21. The van der Waals surface area contributed by atoms with Gasteiger partial charge in [0.05, 0.1) is 11.6 Å². The van der Waals surface area contributed by atoms with Crippen LogP contribution in [0, 0.1) is 13.8 Å². The molecule has 154 valence electrons. The zero-order valence-electron chi connectivity index (χ0n) is 17.0. The number of benzene rings is 1. The summed E-state index contributed by atoms with van der Waals surface area (Å²) < 4.78 is 18.5. The van der Waals surface area contributed by atoms with Crippen LogP contribution in [0.2, 0.25) is 0 Å². The number of ether oxygens (including phenoxy) is 3. The molecule has 1 fully saturated rings. The number of esters is 1. The van der Waals surface area contributed by atoms with E-state index in [4.69, 9.17) is 14.2 Å². The van der Waals surface area contributed by atoms with E-state index in [-0.39, 0.29) is 18.6 Å². The van der Waals surface area contributed by atoms with E-state index >= 15 is 0 Å². The SMILES string of the molecule is Cc1cc(C(=O)OCC(=O)N[C@H](C)c2ccc3c(c2)OCCO3)c(C)n1C1CC1. The molecule has 2 heterocycles. The molecule has 0 unspecified atom stereocenters. The number of fused-ring (bicyclic) bond motifs is 1. The number of aryl methyl sites for hydroxylation is 1. The van der Waals surface area contributed by atoms with Gasteiger partial charge in [-0.25, -0.2) is 4.79 Å². The van der Waals surface area contributed by atoms with Crippen molar-refractivity contribution in [1.29, 1.82) is 0 Å². The van der Waals surface area contributed by atoms with Crippen molar-refractivity contribution < 1.29 is 23.8 Å². The lowest BCUT2D eigenvalue weighted by Crippen LogP contribution is -2.31. The molecule has 29 heavy (non-hydrogen) atoms. The Bertz CT molecular complexity index is 945. The molecule has 0 saturated heterocycles. The predicted molar refractivity (Wildman–Crippen MR) is 106 cm³/mol. The Morgan fingerprint density at radius 2 is 1.90 bits per heavy atom. The number of hydrogen-bond acceptors (Lipinski definition) is 5.